The summed E-state index contributed by atoms with van der Waals surface area (Å²) in [5.41, 5.74) is 10.5. The van der Waals surface area contributed by atoms with Crippen LogP contribution in [-0.4, -0.2) is 104 Å². The number of nitrogens with one attached hydrogen (secondary N) is 8. The number of nitriles is 2. The van der Waals surface area contributed by atoms with E-state index in [9.17, 15) is 41.3 Å². The van der Waals surface area contributed by atoms with Gasteiger partial charge in [0.25, 0.3) is 0 Å². The molecular weight excluding hydrogens is 1750 g/mol. The fourth-order valence-corrected chi connectivity index (χ4v) is 23.7. The number of nitrogens with zero attached hydrogens (tertiary/aromatic N) is 15. The van der Waals surface area contributed by atoms with Crippen molar-refractivity contribution < 1.29 is 30.7 Å². The number of benzene rings is 4. The van der Waals surface area contributed by atoms with Crippen LogP contribution in [0.25, 0.3) is 140 Å². The largest absolute Gasteiger partial charge is 0.417 e. The van der Waals surface area contributed by atoms with Gasteiger partial charge < -0.3 is 41.2 Å². The molecule has 138 heavy (non-hydrogen) atoms. The summed E-state index contributed by atoms with van der Waals surface area (Å²) in [7, 11) is 0. The first-order chi connectivity index (χ1) is 67.0. The molecule has 23 nitrogen and oxygen atoms in total. The van der Waals surface area contributed by atoms with Crippen LogP contribution in [0, 0.1) is 124 Å². The highest BCUT2D eigenvalue weighted by Crippen LogP contribution is 2.52. The van der Waals surface area contributed by atoms with Crippen molar-refractivity contribution >= 4 is 73.1 Å². The van der Waals surface area contributed by atoms with Crippen molar-refractivity contribution in [3.8, 4) is 103 Å². The molecule has 8 bridgehead atoms. The van der Waals surface area contributed by atoms with Gasteiger partial charge in [-0.25, -0.2) is 82.2 Å². The van der Waals surface area contributed by atoms with Crippen LogP contribution >= 0.6 is 0 Å². The first kappa shape index (κ1) is 89.7. The maximum atomic E-state index is 14.0. The van der Waals surface area contributed by atoms with Gasteiger partial charge in [-0.1, -0.05) is 100 Å². The smallest absolute Gasteiger partial charge is 0.367 e. The van der Waals surface area contributed by atoms with Crippen molar-refractivity contribution in [2.45, 2.75) is 161 Å². The summed E-state index contributed by atoms with van der Waals surface area (Å²) < 4.78 is 97.6. The molecule has 30 heteroatoms. The van der Waals surface area contributed by atoms with E-state index in [-0.39, 0.29) is 23.1 Å². The number of H-pyrrole nitrogens is 4. The van der Waals surface area contributed by atoms with E-state index >= 15 is 0 Å². The summed E-state index contributed by atoms with van der Waals surface area (Å²) in [6.07, 6.45) is 27.3. The number of pyridine rings is 4. The molecule has 8 unspecified atom stereocenters. The zero-order chi connectivity index (χ0) is 94.7. The Bertz CT molecular complexity index is 7370. The zero-order valence-electron chi connectivity index (χ0n) is 76.4. The molecule has 12 heterocycles. The van der Waals surface area contributed by atoms with Crippen LogP contribution in [0.4, 0.5) is 59.7 Å². The minimum absolute atomic E-state index is 0.0286. The minimum Gasteiger partial charge on any atom is -0.367 e. The first-order valence-corrected chi connectivity index (χ1v) is 47.8. The van der Waals surface area contributed by atoms with Crippen molar-refractivity contribution in [1.82, 2.24) is 79.7 Å². The fraction of sp³-hybridized carbons (Fsp3) is 0.343. The molecule has 28 rings (SSSR count). The van der Waals surface area contributed by atoms with E-state index in [0.29, 0.717) is 184 Å². The van der Waals surface area contributed by atoms with Gasteiger partial charge in [0.15, 0.2) is 29.0 Å². The second-order valence-electron chi connectivity index (χ2n) is 38.7. The molecule has 8 N–H and O–H groups in total. The summed E-state index contributed by atoms with van der Waals surface area (Å²) in [5.74, 6) is 10.3. The van der Waals surface area contributed by atoms with Crippen molar-refractivity contribution in [3.05, 3.63) is 247 Å². The third kappa shape index (κ3) is 18.1. The van der Waals surface area contributed by atoms with Crippen LogP contribution in [0.3, 0.4) is 0 Å². The molecule has 8 atom stereocenters. The maximum absolute atomic E-state index is 14.0. The Balaban J connectivity index is 0.000000110. The highest BCUT2D eigenvalue weighted by Gasteiger charge is 2.46. The van der Waals surface area contributed by atoms with E-state index in [1.807, 2.05) is 66.7 Å². The van der Waals surface area contributed by atoms with E-state index in [2.05, 4.69) is 111 Å². The molecule has 12 fully saturated rings. The van der Waals surface area contributed by atoms with E-state index in [1.165, 1.54) is 145 Å². The van der Waals surface area contributed by atoms with E-state index in [0.717, 1.165) is 88.4 Å². The fourth-order valence-electron chi connectivity index (χ4n) is 23.7. The summed E-state index contributed by atoms with van der Waals surface area (Å²) >= 11 is 0. The SMILES string of the molecule is CC1C2CCC(CC2)C1Nc1cc(-c2cccc(C#N)c2)nc(-c2c[nH]c3ncc(F)cc23)n1.CC1C2CCC(CC2)C1Nc1cc(-c2ccccc2C#N)nc(-c2c[nH]c3ncc(F)cc23)n1.CC1C2CCC(CC2)C1Nc1cc(-c2ccccc2C(F)(F)F)nc(-c2c[nH]c3ncc(F)cc23)n1.[C-]#[N+]c1ccc(-c2cc(NC3C4CCC(CC4)C3C)nc(-c3c[nH]c4ncc(F)cc34)n2)cc1. The van der Waals surface area contributed by atoms with E-state index in [1.54, 1.807) is 61.2 Å². The highest BCUT2D eigenvalue weighted by molar-refractivity contribution is 5.96. The second kappa shape index (κ2) is 37.7. The molecule has 12 aromatic heterocycles. The number of anilines is 4. The number of hydrogen-bond donors (Lipinski definition) is 8. The molecule has 696 valence electrons. The van der Waals surface area contributed by atoms with E-state index < -0.39 is 35.0 Å². The van der Waals surface area contributed by atoms with Gasteiger partial charge in [0.05, 0.1) is 83.0 Å². The average Bonchev–Trinajstić information content (AvgIpc) is 1.72. The first-order valence-electron chi connectivity index (χ1n) is 47.8. The molecule has 12 aliphatic carbocycles. The lowest BCUT2D eigenvalue weighted by molar-refractivity contribution is -0.137. The summed E-state index contributed by atoms with van der Waals surface area (Å²) in [5, 5.41) is 36.2. The molecule has 0 saturated heterocycles. The lowest BCUT2D eigenvalue weighted by Gasteiger charge is -2.47. The summed E-state index contributed by atoms with van der Waals surface area (Å²) in [6, 6.07) is 46.6. The Morgan fingerprint density at radius 2 is 0.659 bits per heavy atom. The van der Waals surface area contributed by atoms with Crippen molar-refractivity contribution in [2.75, 3.05) is 21.3 Å². The molecule has 16 aromatic rings. The average molecular weight is 1850 g/mol. The number of halogens is 7. The Morgan fingerprint density at radius 3 is 1.00 bits per heavy atom. The van der Waals surface area contributed by atoms with Gasteiger partial charge >= 0.3 is 6.18 Å². The third-order valence-electron chi connectivity index (χ3n) is 31.1. The van der Waals surface area contributed by atoms with Crippen LogP contribution in [0.15, 0.2) is 195 Å². The Kier molecular flexibility index (Phi) is 24.5. The normalized spacial score (nSPS) is 23.7. The Morgan fingerprint density at radius 1 is 0.341 bits per heavy atom. The van der Waals surface area contributed by atoms with Crippen molar-refractivity contribution in [1.29, 1.82) is 10.5 Å². The predicted molar refractivity (Wildman–Crippen MR) is 519 cm³/mol. The number of hydrogen-bond acceptors (Lipinski definition) is 18. The monoisotopic (exact) mass is 1850 g/mol. The van der Waals surface area contributed by atoms with Gasteiger partial charge in [0, 0.05) is 134 Å². The van der Waals surface area contributed by atoms with Crippen LogP contribution in [-0.2, 0) is 6.18 Å². The maximum Gasteiger partial charge on any atom is 0.417 e. The highest BCUT2D eigenvalue weighted by atomic mass is 19.4. The van der Waals surface area contributed by atoms with Gasteiger partial charge in [0.1, 0.15) is 69.1 Å². The molecule has 12 aliphatic rings. The Labute approximate surface area is 792 Å². The van der Waals surface area contributed by atoms with Gasteiger partial charge in [-0.3, -0.25) is 0 Å². The lowest BCUT2D eigenvalue weighted by atomic mass is 9.62. The third-order valence-corrected chi connectivity index (χ3v) is 31.1. The molecule has 12 saturated carbocycles. The van der Waals surface area contributed by atoms with Crippen LogP contribution < -0.4 is 21.3 Å². The van der Waals surface area contributed by atoms with Gasteiger partial charge in [-0.15, -0.1) is 0 Å². The standard InChI is InChI=1S/C27H25F4N5.3C27H25FN6/c1-14-15-6-8-16(9-7-15)24(14)35-23-11-22(18-4-2-3-5-21(18)27(29,30)31)34-26(36-23)20-13-33-25-19(20)10-17(28)12-32-25;1-15-16-3-5-18(6-4-16)25(15)33-24-12-23(17-7-9-20(29-2)10-8-17)32-27(34-24)22-14-31-26-21(22)11-19(28)13-30-26;1-15-17-5-7-18(8-6-17)25(15)33-24-11-23(19-4-2-3-16(9-19)12-29)32-27(34-24)22-14-31-26-21(22)10-20(28)13-30-26;1-15-16-6-8-17(9-7-16)25(15)33-24-11-23(20-5-3-2-4-18(20)12-29)32-27(34-24)22-14-31-26-21(22)10-19(28)13-30-26/h2-5,10-16,24H,6-9H2,1H3,(H,32,33)(H,34,35,36);7-16,18,25H,3-6H2,1H3,(H,30,31)(H,32,33,34);2-4,9-11,13-15,17-18,25H,5-8H2,1H3,(H,30,31)(H,32,33,34);2-5,10-11,13-17,25H,6-9H2,1H3,(H,30,31)(H,32,33,34). The molecule has 0 spiro atoms. The van der Waals surface area contributed by atoms with Gasteiger partial charge in [0.2, 0.25) is 0 Å². The number of fused-ring (bicyclic) bond motifs is 16. The van der Waals surface area contributed by atoms with Gasteiger partial charge in [-0.2, -0.15) is 23.7 Å². The minimum atomic E-state index is -4.54. The lowest BCUT2D eigenvalue weighted by Crippen LogP contribution is -2.47. The second-order valence-corrected chi connectivity index (χ2v) is 38.7. The number of aromatic nitrogens is 16. The van der Waals surface area contributed by atoms with E-state index in [4.69, 9.17) is 41.5 Å². The Hall–Kier alpha value is -14.9. The summed E-state index contributed by atoms with van der Waals surface area (Å²) in [6.45, 7) is 16.5. The number of aromatic amines is 4. The molecular formula is C108H100F7N23. The number of alkyl halides is 3. The topological polar surface area (TPSA) is 318 Å². The van der Waals surface area contributed by atoms with Crippen molar-refractivity contribution in [3.63, 3.8) is 0 Å². The molecule has 0 amide bonds. The predicted octanol–water partition coefficient (Wildman–Crippen LogP) is 25.6. The molecule has 4 aromatic carbocycles. The zero-order valence-corrected chi connectivity index (χ0v) is 76.4. The van der Waals surface area contributed by atoms with Gasteiger partial charge in [-0.05, 0) is 228 Å². The molecule has 0 radical (unpaired) electrons. The quantitative estimate of drug-likeness (QED) is 0.0329. The van der Waals surface area contributed by atoms with Crippen LogP contribution in [0.2, 0.25) is 0 Å². The number of rotatable bonds is 16. The van der Waals surface area contributed by atoms with Crippen LogP contribution in [0.5, 0.6) is 0 Å². The summed E-state index contributed by atoms with van der Waals surface area (Å²) in [4.78, 5) is 70.6. The molecule has 0 aliphatic heterocycles. The van der Waals surface area contributed by atoms with Crippen molar-refractivity contribution in [2.24, 2.45) is 71.0 Å². The van der Waals surface area contributed by atoms with Crippen LogP contribution in [0.1, 0.15) is 147 Å².